The number of benzene rings is 2. The fourth-order valence-corrected chi connectivity index (χ4v) is 4.51. The number of aromatic nitrogens is 2. The number of nitrogens with one attached hydrogen (secondary N) is 1. The number of anilines is 2. The molecule has 7 nitrogen and oxygen atoms in total. The fourth-order valence-electron chi connectivity index (χ4n) is 4.51. The van der Waals surface area contributed by atoms with Crippen LogP contribution in [-0.2, 0) is 11.3 Å². The summed E-state index contributed by atoms with van der Waals surface area (Å²) in [4.78, 5) is 12.3. The molecule has 0 spiro atoms. The van der Waals surface area contributed by atoms with Crippen LogP contribution >= 0.6 is 0 Å². The van der Waals surface area contributed by atoms with Gasteiger partial charge in [0.05, 0.1) is 36.4 Å². The average Bonchev–Trinajstić information content (AvgIpc) is 3.28. The van der Waals surface area contributed by atoms with Gasteiger partial charge in [0.1, 0.15) is 0 Å². The molecule has 1 N–H and O–H groups in total. The van der Waals surface area contributed by atoms with E-state index in [4.69, 9.17) is 14.7 Å². The van der Waals surface area contributed by atoms with E-state index in [0.717, 1.165) is 72.9 Å². The van der Waals surface area contributed by atoms with Crippen molar-refractivity contribution in [1.82, 2.24) is 9.55 Å². The van der Waals surface area contributed by atoms with Gasteiger partial charge in [0.25, 0.3) is 0 Å². The standard InChI is InChI=1S/C24H26N6O/c1-16-18(15-25)4-3-5-20(16)17(2)27-23-21-14-19(29-10-12-31-13-11-29)6-7-22(21)30-9-8-26-24(30)28-23/h3-7,14,17H,8-13H2,1-2H3,(H,26,27,28). The predicted molar refractivity (Wildman–Crippen MR) is 121 cm³/mol. The van der Waals surface area contributed by atoms with Crippen LogP contribution in [0.25, 0.3) is 10.9 Å². The highest BCUT2D eigenvalue weighted by molar-refractivity contribution is 5.83. The SMILES string of the molecule is Cc1c(C#N)cccc1C(C)N=c1nc2n(c3ccc(N4CCOCC4)cc13)CCN2. The number of hydrogen-bond acceptors (Lipinski definition) is 6. The molecule has 3 aromatic rings. The molecule has 0 radical (unpaired) electrons. The van der Waals surface area contributed by atoms with Gasteiger partial charge in [-0.3, -0.25) is 4.99 Å². The Hall–Kier alpha value is -3.37. The molecule has 2 aliphatic heterocycles. The Bertz CT molecular complexity index is 1250. The molecule has 5 rings (SSSR count). The summed E-state index contributed by atoms with van der Waals surface area (Å²) < 4.78 is 7.74. The largest absolute Gasteiger partial charge is 0.378 e. The Morgan fingerprint density at radius 3 is 2.84 bits per heavy atom. The number of rotatable bonds is 3. The molecule has 158 valence electrons. The van der Waals surface area contributed by atoms with E-state index >= 15 is 0 Å². The lowest BCUT2D eigenvalue weighted by Gasteiger charge is -2.29. The van der Waals surface area contributed by atoms with Gasteiger partial charge in [-0.1, -0.05) is 12.1 Å². The van der Waals surface area contributed by atoms with Crippen LogP contribution in [0.4, 0.5) is 11.6 Å². The van der Waals surface area contributed by atoms with Gasteiger partial charge in [-0.25, -0.2) is 0 Å². The van der Waals surface area contributed by atoms with Gasteiger partial charge in [-0.15, -0.1) is 0 Å². The van der Waals surface area contributed by atoms with Crippen molar-refractivity contribution in [3.63, 3.8) is 0 Å². The molecule has 31 heavy (non-hydrogen) atoms. The molecule has 0 amide bonds. The van der Waals surface area contributed by atoms with Gasteiger partial charge in [0.15, 0.2) is 5.49 Å². The normalized spacial score (nSPS) is 17.3. The van der Waals surface area contributed by atoms with Gasteiger partial charge in [-0.05, 0) is 49.2 Å². The van der Waals surface area contributed by atoms with Crippen LogP contribution in [0.1, 0.15) is 29.7 Å². The molecule has 1 unspecified atom stereocenters. The Kier molecular flexibility index (Phi) is 5.08. The Morgan fingerprint density at radius 2 is 2.03 bits per heavy atom. The van der Waals surface area contributed by atoms with E-state index in [1.54, 1.807) is 0 Å². The summed E-state index contributed by atoms with van der Waals surface area (Å²) >= 11 is 0. The zero-order chi connectivity index (χ0) is 21.4. The minimum absolute atomic E-state index is 0.111. The van der Waals surface area contributed by atoms with Crippen molar-refractivity contribution in [2.24, 2.45) is 4.99 Å². The monoisotopic (exact) mass is 414 g/mol. The minimum Gasteiger partial charge on any atom is -0.378 e. The second-order valence-electron chi connectivity index (χ2n) is 8.07. The summed E-state index contributed by atoms with van der Waals surface area (Å²) in [5.41, 5.74) is 5.78. The predicted octanol–water partition coefficient (Wildman–Crippen LogP) is 3.14. The summed E-state index contributed by atoms with van der Waals surface area (Å²) in [7, 11) is 0. The van der Waals surface area contributed by atoms with E-state index < -0.39 is 0 Å². The number of hydrogen-bond donors (Lipinski definition) is 1. The number of fused-ring (bicyclic) bond motifs is 3. The Morgan fingerprint density at radius 1 is 1.19 bits per heavy atom. The summed E-state index contributed by atoms with van der Waals surface area (Å²) in [6.45, 7) is 9.11. The fraction of sp³-hybridized carbons (Fsp3) is 0.375. The smallest absolute Gasteiger partial charge is 0.205 e. The zero-order valence-corrected chi connectivity index (χ0v) is 17.9. The molecule has 1 atom stereocenters. The number of nitrogens with zero attached hydrogens (tertiary/aromatic N) is 5. The van der Waals surface area contributed by atoms with Gasteiger partial charge in [0, 0.05) is 37.3 Å². The molecule has 2 aromatic carbocycles. The van der Waals surface area contributed by atoms with Crippen LogP contribution in [0, 0.1) is 18.3 Å². The van der Waals surface area contributed by atoms with Crippen molar-refractivity contribution in [1.29, 1.82) is 5.26 Å². The van der Waals surface area contributed by atoms with Crippen molar-refractivity contribution < 1.29 is 4.74 Å². The summed E-state index contributed by atoms with van der Waals surface area (Å²) in [5, 5.41) is 13.8. The van der Waals surface area contributed by atoms with Crippen LogP contribution in [0.15, 0.2) is 41.4 Å². The maximum Gasteiger partial charge on any atom is 0.205 e. The second kappa shape index (κ2) is 8.05. The molecule has 2 aliphatic rings. The first-order chi connectivity index (χ1) is 15.2. The van der Waals surface area contributed by atoms with E-state index in [1.165, 1.54) is 5.69 Å². The second-order valence-corrected chi connectivity index (χ2v) is 8.07. The summed E-state index contributed by atoms with van der Waals surface area (Å²) in [6.07, 6.45) is 0. The van der Waals surface area contributed by atoms with Crippen LogP contribution in [0.2, 0.25) is 0 Å². The van der Waals surface area contributed by atoms with Gasteiger partial charge < -0.3 is 19.5 Å². The average molecular weight is 415 g/mol. The third-order valence-electron chi connectivity index (χ3n) is 6.24. The van der Waals surface area contributed by atoms with Crippen LogP contribution in [0.5, 0.6) is 0 Å². The van der Waals surface area contributed by atoms with E-state index in [2.05, 4.69) is 46.0 Å². The lowest BCUT2D eigenvalue weighted by atomic mass is 9.98. The molecular weight excluding hydrogens is 388 g/mol. The molecule has 0 aliphatic carbocycles. The van der Waals surface area contributed by atoms with E-state index in [9.17, 15) is 5.26 Å². The van der Waals surface area contributed by atoms with Crippen LogP contribution in [0.3, 0.4) is 0 Å². The lowest BCUT2D eigenvalue weighted by Crippen LogP contribution is -2.36. The molecule has 0 bridgehead atoms. The number of morpholine rings is 1. The van der Waals surface area contributed by atoms with Crippen molar-refractivity contribution in [3.8, 4) is 6.07 Å². The van der Waals surface area contributed by atoms with Crippen LogP contribution in [-0.4, -0.2) is 42.4 Å². The molecule has 1 saturated heterocycles. The number of nitriles is 1. The van der Waals surface area contributed by atoms with Gasteiger partial charge in [-0.2, -0.15) is 10.2 Å². The van der Waals surface area contributed by atoms with Crippen molar-refractivity contribution in [2.75, 3.05) is 43.1 Å². The zero-order valence-electron chi connectivity index (χ0n) is 17.9. The van der Waals surface area contributed by atoms with Crippen molar-refractivity contribution in [2.45, 2.75) is 26.4 Å². The Balaban J connectivity index is 1.66. The molecule has 3 heterocycles. The summed E-state index contributed by atoms with van der Waals surface area (Å²) in [5.74, 6) is 0.861. The first-order valence-electron chi connectivity index (χ1n) is 10.8. The highest BCUT2D eigenvalue weighted by Gasteiger charge is 2.18. The van der Waals surface area contributed by atoms with Crippen LogP contribution < -0.4 is 15.7 Å². The third kappa shape index (κ3) is 3.53. The maximum absolute atomic E-state index is 9.40. The van der Waals surface area contributed by atoms with E-state index in [0.29, 0.717) is 5.56 Å². The lowest BCUT2D eigenvalue weighted by molar-refractivity contribution is 0.122. The highest BCUT2D eigenvalue weighted by Crippen LogP contribution is 2.26. The Labute approximate surface area is 181 Å². The first-order valence-corrected chi connectivity index (χ1v) is 10.8. The molecule has 1 aromatic heterocycles. The maximum atomic E-state index is 9.40. The molecule has 1 fully saturated rings. The third-order valence-corrected chi connectivity index (χ3v) is 6.24. The van der Waals surface area contributed by atoms with Gasteiger partial charge in [0.2, 0.25) is 5.95 Å². The highest BCUT2D eigenvalue weighted by atomic mass is 16.5. The topological polar surface area (TPSA) is 78.5 Å². The molecule has 7 heteroatoms. The first kappa shape index (κ1) is 19.6. The quantitative estimate of drug-likeness (QED) is 0.712. The van der Waals surface area contributed by atoms with Crippen molar-refractivity contribution in [3.05, 3.63) is 58.6 Å². The molecular formula is C24H26N6O. The minimum atomic E-state index is -0.111. The number of ether oxygens (including phenoxy) is 1. The summed E-state index contributed by atoms with van der Waals surface area (Å²) in [6, 6.07) is 14.6. The van der Waals surface area contributed by atoms with E-state index in [-0.39, 0.29) is 6.04 Å². The van der Waals surface area contributed by atoms with E-state index in [1.807, 2.05) is 25.1 Å². The molecule has 0 saturated carbocycles. The van der Waals surface area contributed by atoms with Gasteiger partial charge >= 0.3 is 0 Å². The van der Waals surface area contributed by atoms with Crippen molar-refractivity contribution >= 4 is 22.5 Å².